The van der Waals surface area contributed by atoms with Crippen molar-refractivity contribution in [1.82, 2.24) is 0 Å². The monoisotopic (exact) mass is 235 g/mol. The van der Waals surface area contributed by atoms with Gasteiger partial charge >= 0.3 is 0 Å². The molecule has 1 aliphatic heterocycles. The summed E-state index contributed by atoms with van der Waals surface area (Å²) in [6, 6.07) is 8.24. The molecule has 1 aromatic carbocycles. The molecule has 3 heteroatoms. The van der Waals surface area contributed by atoms with Gasteiger partial charge in [-0.05, 0) is 43.0 Å². The summed E-state index contributed by atoms with van der Waals surface area (Å²) >= 11 is 0. The minimum absolute atomic E-state index is 0.760. The van der Waals surface area contributed by atoms with E-state index in [1.54, 1.807) is 7.11 Å². The number of nitrogens with zero attached hydrogens (tertiary/aromatic N) is 1. The Hall–Kier alpha value is -1.22. The van der Waals surface area contributed by atoms with Crippen molar-refractivity contribution in [3.8, 4) is 5.75 Å². The van der Waals surface area contributed by atoms with Gasteiger partial charge in [-0.3, -0.25) is 0 Å². The smallest absolute Gasteiger partial charge is 0.119 e. The van der Waals surface area contributed by atoms with Gasteiger partial charge in [-0.2, -0.15) is 0 Å². The normalized spacial score (nSPS) is 16.8. The van der Waals surface area contributed by atoms with E-state index in [-0.39, 0.29) is 0 Å². The number of hydrogen-bond acceptors (Lipinski definition) is 3. The highest BCUT2D eigenvalue weighted by atomic mass is 16.5. The molecule has 1 aliphatic rings. The van der Waals surface area contributed by atoms with E-state index < -0.39 is 0 Å². The summed E-state index contributed by atoms with van der Waals surface area (Å²) in [5, 5.41) is 0. The molecule has 17 heavy (non-hydrogen) atoms. The van der Waals surface area contributed by atoms with Crippen LogP contribution in [0, 0.1) is 5.92 Å². The average molecular weight is 235 g/mol. The first-order chi connectivity index (χ1) is 8.29. The molecule has 3 nitrogen and oxygen atoms in total. The fourth-order valence-electron chi connectivity index (χ4n) is 2.26. The Morgan fingerprint density at radius 1 is 1.24 bits per heavy atom. The van der Waals surface area contributed by atoms with Crippen LogP contribution in [0.15, 0.2) is 24.3 Å². The van der Waals surface area contributed by atoms with E-state index in [9.17, 15) is 0 Å². The van der Waals surface area contributed by atoms with Crippen LogP contribution in [-0.4, -0.2) is 33.9 Å². The van der Waals surface area contributed by atoms with Gasteiger partial charge in [0, 0.05) is 32.5 Å². The summed E-state index contributed by atoms with van der Waals surface area (Å²) < 4.78 is 10.5. The highest BCUT2D eigenvalue weighted by Gasteiger charge is 2.15. The van der Waals surface area contributed by atoms with Crippen molar-refractivity contribution in [2.45, 2.75) is 12.8 Å². The predicted molar refractivity (Wildman–Crippen MR) is 69.8 cm³/mol. The van der Waals surface area contributed by atoms with Crippen LogP contribution < -0.4 is 9.64 Å². The molecule has 94 valence electrons. The number of rotatable bonds is 4. The van der Waals surface area contributed by atoms with Crippen LogP contribution in [0.1, 0.15) is 12.8 Å². The third-order valence-corrected chi connectivity index (χ3v) is 3.39. The molecule has 0 amide bonds. The maximum atomic E-state index is 5.38. The van der Waals surface area contributed by atoms with Gasteiger partial charge in [0.15, 0.2) is 0 Å². The first kappa shape index (κ1) is 12.2. The zero-order valence-corrected chi connectivity index (χ0v) is 10.7. The molecule has 1 fully saturated rings. The summed E-state index contributed by atoms with van der Waals surface area (Å²) in [6.07, 6.45) is 2.36. The molecule has 0 atom stereocenters. The van der Waals surface area contributed by atoms with Crippen molar-refractivity contribution in [1.29, 1.82) is 0 Å². The van der Waals surface area contributed by atoms with E-state index in [1.165, 1.54) is 18.5 Å². The van der Waals surface area contributed by atoms with Crippen LogP contribution in [0.25, 0.3) is 0 Å². The molecule has 0 unspecified atom stereocenters. The molecule has 1 heterocycles. The Morgan fingerprint density at radius 2 is 1.88 bits per heavy atom. The highest BCUT2D eigenvalue weighted by Crippen LogP contribution is 2.22. The zero-order chi connectivity index (χ0) is 12.1. The summed E-state index contributed by atoms with van der Waals surface area (Å²) in [6.45, 7) is 2.94. The third kappa shape index (κ3) is 3.37. The van der Waals surface area contributed by atoms with Crippen LogP contribution in [-0.2, 0) is 4.74 Å². The number of methoxy groups -OCH3 is 1. The lowest BCUT2D eigenvalue weighted by Gasteiger charge is -2.28. The largest absolute Gasteiger partial charge is 0.497 e. The maximum Gasteiger partial charge on any atom is 0.119 e. The lowest BCUT2D eigenvalue weighted by molar-refractivity contribution is 0.0685. The average Bonchev–Trinajstić information content (AvgIpc) is 2.40. The van der Waals surface area contributed by atoms with E-state index in [0.717, 1.165) is 31.4 Å². The zero-order valence-electron chi connectivity index (χ0n) is 10.7. The van der Waals surface area contributed by atoms with Crippen LogP contribution >= 0.6 is 0 Å². The van der Waals surface area contributed by atoms with Gasteiger partial charge in [-0.1, -0.05) is 0 Å². The van der Waals surface area contributed by atoms with Crippen molar-refractivity contribution in [3.63, 3.8) is 0 Å². The molecule has 0 saturated carbocycles. The molecule has 0 N–H and O–H groups in total. The first-order valence-electron chi connectivity index (χ1n) is 6.22. The van der Waals surface area contributed by atoms with Gasteiger partial charge < -0.3 is 14.4 Å². The lowest BCUT2D eigenvalue weighted by atomic mass is 10.00. The van der Waals surface area contributed by atoms with Crippen molar-refractivity contribution in [2.75, 3.05) is 38.8 Å². The molecule has 1 aromatic rings. The van der Waals surface area contributed by atoms with Gasteiger partial charge in [0.2, 0.25) is 0 Å². The quantitative estimate of drug-likeness (QED) is 0.800. The fraction of sp³-hybridized carbons (Fsp3) is 0.571. The Morgan fingerprint density at radius 3 is 2.47 bits per heavy atom. The van der Waals surface area contributed by atoms with Gasteiger partial charge in [-0.15, -0.1) is 0 Å². The molecule has 0 aromatic heterocycles. The molecule has 2 rings (SSSR count). The van der Waals surface area contributed by atoms with E-state index in [0.29, 0.717) is 0 Å². The summed E-state index contributed by atoms with van der Waals surface area (Å²) in [7, 11) is 3.85. The molecular weight excluding hydrogens is 214 g/mol. The number of anilines is 1. The predicted octanol–water partition coefficient (Wildman–Crippen LogP) is 2.56. The number of benzene rings is 1. The lowest BCUT2D eigenvalue weighted by Crippen LogP contribution is -2.29. The molecule has 0 bridgehead atoms. The van der Waals surface area contributed by atoms with Crippen molar-refractivity contribution >= 4 is 5.69 Å². The van der Waals surface area contributed by atoms with Crippen molar-refractivity contribution in [3.05, 3.63) is 24.3 Å². The van der Waals surface area contributed by atoms with Crippen LogP contribution in [0.5, 0.6) is 5.75 Å². The summed E-state index contributed by atoms with van der Waals surface area (Å²) in [5.74, 6) is 1.67. The second-order valence-electron chi connectivity index (χ2n) is 4.63. The number of hydrogen-bond donors (Lipinski definition) is 0. The SMILES string of the molecule is COc1ccc(N(C)CC2CCOCC2)cc1. The maximum absolute atomic E-state index is 5.38. The standard InChI is InChI=1S/C14H21NO2/c1-15(11-12-7-9-17-10-8-12)13-3-5-14(16-2)6-4-13/h3-6,12H,7-11H2,1-2H3. The van der Waals surface area contributed by atoms with E-state index >= 15 is 0 Å². The van der Waals surface area contributed by atoms with Crippen molar-refractivity contribution < 1.29 is 9.47 Å². The summed E-state index contributed by atoms with van der Waals surface area (Å²) in [4.78, 5) is 2.31. The molecular formula is C14H21NO2. The fourth-order valence-corrected chi connectivity index (χ4v) is 2.26. The highest BCUT2D eigenvalue weighted by molar-refractivity contribution is 5.48. The van der Waals surface area contributed by atoms with E-state index in [4.69, 9.17) is 9.47 Å². The van der Waals surface area contributed by atoms with Crippen LogP contribution in [0.4, 0.5) is 5.69 Å². The Balaban J connectivity index is 1.91. The Labute approximate surface area is 103 Å². The third-order valence-electron chi connectivity index (χ3n) is 3.39. The van der Waals surface area contributed by atoms with Crippen LogP contribution in [0.3, 0.4) is 0 Å². The molecule has 0 aliphatic carbocycles. The second kappa shape index (κ2) is 5.92. The summed E-state index contributed by atoms with van der Waals surface area (Å²) in [5.41, 5.74) is 1.25. The van der Waals surface area contributed by atoms with Crippen molar-refractivity contribution in [2.24, 2.45) is 5.92 Å². The van der Waals surface area contributed by atoms with Gasteiger partial charge in [0.1, 0.15) is 5.75 Å². The number of ether oxygens (including phenoxy) is 2. The van der Waals surface area contributed by atoms with E-state index in [2.05, 4.69) is 24.1 Å². The van der Waals surface area contributed by atoms with Crippen LogP contribution in [0.2, 0.25) is 0 Å². The van der Waals surface area contributed by atoms with Gasteiger partial charge in [-0.25, -0.2) is 0 Å². The molecule has 1 saturated heterocycles. The topological polar surface area (TPSA) is 21.7 Å². The van der Waals surface area contributed by atoms with Gasteiger partial charge in [0.05, 0.1) is 7.11 Å². The Bertz CT molecular complexity index is 331. The molecule has 0 radical (unpaired) electrons. The first-order valence-corrected chi connectivity index (χ1v) is 6.22. The van der Waals surface area contributed by atoms with Gasteiger partial charge in [0.25, 0.3) is 0 Å². The Kier molecular flexibility index (Phi) is 4.26. The minimum atomic E-state index is 0.760. The second-order valence-corrected chi connectivity index (χ2v) is 4.63. The minimum Gasteiger partial charge on any atom is -0.497 e. The van der Waals surface area contributed by atoms with E-state index in [1.807, 2.05) is 12.1 Å². The molecule has 0 spiro atoms.